The molecule has 17 heavy (non-hydrogen) atoms. The van der Waals surface area contributed by atoms with Crippen molar-refractivity contribution in [2.45, 2.75) is 51.2 Å². The van der Waals surface area contributed by atoms with Crippen LogP contribution in [-0.2, 0) is 9.53 Å². The molecule has 0 aromatic heterocycles. The predicted molar refractivity (Wildman–Crippen MR) is 66.8 cm³/mol. The molecule has 1 amide bonds. The van der Waals surface area contributed by atoms with Gasteiger partial charge in [0.2, 0.25) is 5.91 Å². The molecule has 2 N–H and O–H groups in total. The van der Waals surface area contributed by atoms with Crippen LogP contribution < -0.4 is 10.6 Å². The number of amides is 1. The largest absolute Gasteiger partial charge is 0.375 e. The Labute approximate surface area is 103 Å². The van der Waals surface area contributed by atoms with E-state index >= 15 is 0 Å². The smallest absolute Gasteiger partial charge is 0.222 e. The fraction of sp³-hybridized carbons (Fsp3) is 0.923. The molecule has 2 aliphatic rings. The van der Waals surface area contributed by atoms with Gasteiger partial charge in [-0.3, -0.25) is 4.79 Å². The lowest BCUT2D eigenvalue weighted by Crippen LogP contribution is -2.44. The summed E-state index contributed by atoms with van der Waals surface area (Å²) in [6.45, 7) is 4.71. The third-order valence-electron chi connectivity index (χ3n) is 3.80. The van der Waals surface area contributed by atoms with Crippen molar-refractivity contribution in [3.63, 3.8) is 0 Å². The molecule has 1 heterocycles. The van der Waals surface area contributed by atoms with Gasteiger partial charge in [0.15, 0.2) is 0 Å². The molecule has 2 rings (SSSR count). The van der Waals surface area contributed by atoms with Crippen LogP contribution in [0.5, 0.6) is 0 Å². The first kappa shape index (κ1) is 12.8. The Bertz CT molecular complexity index is 244. The third kappa shape index (κ3) is 4.28. The number of carbonyl (C=O) groups is 1. The molecule has 1 saturated heterocycles. The summed E-state index contributed by atoms with van der Waals surface area (Å²) >= 11 is 0. The highest BCUT2D eigenvalue weighted by molar-refractivity contribution is 5.76. The molecular weight excluding hydrogens is 216 g/mol. The molecule has 4 nitrogen and oxygen atoms in total. The summed E-state index contributed by atoms with van der Waals surface area (Å²) in [4.78, 5) is 11.8. The van der Waals surface area contributed by atoms with Crippen molar-refractivity contribution in [2.24, 2.45) is 5.92 Å². The number of ether oxygens (including phenoxy) is 1. The van der Waals surface area contributed by atoms with E-state index in [1.165, 1.54) is 12.8 Å². The fourth-order valence-electron chi connectivity index (χ4n) is 2.65. The van der Waals surface area contributed by atoms with Gasteiger partial charge in [-0.2, -0.15) is 0 Å². The van der Waals surface area contributed by atoms with Crippen LogP contribution in [0.25, 0.3) is 0 Å². The molecule has 2 fully saturated rings. The molecule has 0 spiro atoms. The average molecular weight is 240 g/mol. The molecule has 0 aromatic carbocycles. The zero-order valence-corrected chi connectivity index (χ0v) is 10.7. The van der Waals surface area contributed by atoms with Gasteiger partial charge in [-0.25, -0.2) is 0 Å². The second kappa shape index (κ2) is 6.36. The summed E-state index contributed by atoms with van der Waals surface area (Å²) in [7, 11) is 0. The first-order valence-corrected chi connectivity index (χ1v) is 6.85. The molecule has 0 radical (unpaired) electrons. The fourth-order valence-corrected chi connectivity index (χ4v) is 2.65. The summed E-state index contributed by atoms with van der Waals surface area (Å²) < 4.78 is 5.53. The van der Waals surface area contributed by atoms with Crippen LogP contribution in [0.2, 0.25) is 0 Å². The maximum atomic E-state index is 11.8. The lowest BCUT2D eigenvalue weighted by atomic mass is 9.87. The molecule has 0 bridgehead atoms. The summed E-state index contributed by atoms with van der Waals surface area (Å²) in [6.07, 6.45) is 5.32. The first-order valence-electron chi connectivity index (χ1n) is 6.85. The van der Waals surface area contributed by atoms with Gasteiger partial charge in [0.25, 0.3) is 0 Å². The second-order valence-electron chi connectivity index (χ2n) is 5.43. The lowest BCUT2D eigenvalue weighted by molar-refractivity contribution is -0.125. The Kier molecular flexibility index (Phi) is 4.80. The van der Waals surface area contributed by atoms with Crippen molar-refractivity contribution in [3.05, 3.63) is 0 Å². The standard InChI is InChI=1S/C13H24N2O2/c1-10-2-4-11(5-3-10)15-13(16)8-12-9-14-6-7-17-12/h10-12,14H,2-9H2,1H3,(H,15,16). The zero-order chi connectivity index (χ0) is 12.1. The number of hydrogen-bond donors (Lipinski definition) is 2. The van der Waals surface area contributed by atoms with Gasteiger partial charge < -0.3 is 15.4 Å². The van der Waals surface area contributed by atoms with Gasteiger partial charge in [-0.15, -0.1) is 0 Å². The monoisotopic (exact) mass is 240 g/mol. The van der Waals surface area contributed by atoms with Gasteiger partial charge >= 0.3 is 0 Å². The average Bonchev–Trinajstić information content (AvgIpc) is 2.33. The van der Waals surface area contributed by atoms with E-state index < -0.39 is 0 Å². The maximum absolute atomic E-state index is 11.8. The summed E-state index contributed by atoms with van der Waals surface area (Å²) in [5, 5.41) is 6.38. The summed E-state index contributed by atoms with van der Waals surface area (Å²) in [5.74, 6) is 0.979. The minimum absolute atomic E-state index is 0.0614. The maximum Gasteiger partial charge on any atom is 0.222 e. The summed E-state index contributed by atoms with van der Waals surface area (Å²) in [5.41, 5.74) is 0. The number of morpholine rings is 1. The Morgan fingerprint density at radius 3 is 2.76 bits per heavy atom. The van der Waals surface area contributed by atoms with E-state index in [2.05, 4.69) is 17.6 Å². The highest BCUT2D eigenvalue weighted by atomic mass is 16.5. The molecule has 1 aliphatic carbocycles. The molecular formula is C13H24N2O2. The van der Waals surface area contributed by atoms with Gasteiger partial charge in [0.05, 0.1) is 19.1 Å². The van der Waals surface area contributed by atoms with E-state index in [0.29, 0.717) is 12.5 Å². The van der Waals surface area contributed by atoms with Crippen molar-refractivity contribution in [1.29, 1.82) is 0 Å². The number of nitrogens with one attached hydrogen (secondary N) is 2. The first-order chi connectivity index (χ1) is 8.24. The van der Waals surface area contributed by atoms with Gasteiger partial charge in [-0.1, -0.05) is 6.92 Å². The summed E-state index contributed by atoms with van der Waals surface area (Å²) in [6, 6.07) is 0.398. The van der Waals surface area contributed by atoms with E-state index in [4.69, 9.17) is 4.74 Å². The minimum atomic E-state index is 0.0614. The quantitative estimate of drug-likeness (QED) is 0.775. The minimum Gasteiger partial charge on any atom is -0.375 e. The zero-order valence-electron chi connectivity index (χ0n) is 10.7. The van der Waals surface area contributed by atoms with Crippen LogP contribution >= 0.6 is 0 Å². The van der Waals surface area contributed by atoms with Crippen molar-refractivity contribution >= 4 is 5.91 Å². The SMILES string of the molecule is CC1CCC(NC(=O)CC2CNCCO2)CC1. The lowest BCUT2D eigenvalue weighted by Gasteiger charge is -2.28. The number of carbonyl (C=O) groups excluding carboxylic acids is 1. The highest BCUT2D eigenvalue weighted by Crippen LogP contribution is 2.23. The molecule has 1 unspecified atom stereocenters. The molecule has 1 atom stereocenters. The van der Waals surface area contributed by atoms with E-state index in [1.807, 2.05) is 0 Å². The van der Waals surface area contributed by atoms with Crippen LogP contribution in [0.1, 0.15) is 39.0 Å². The van der Waals surface area contributed by atoms with Crippen LogP contribution in [0.15, 0.2) is 0 Å². The van der Waals surface area contributed by atoms with E-state index in [-0.39, 0.29) is 12.0 Å². The van der Waals surface area contributed by atoms with Crippen molar-refractivity contribution in [1.82, 2.24) is 10.6 Å². The van der Waals surface area contributed by atoms with Crippen LogP contribution in [0, 0.1) is 5.92 Å². The molecule has 1 saturated carbocycles. The van der Waals surface area contributed by atoms with Crippen molar-refractivity contribution < 1.29 is 9.53 Å². The highest BCUT2D eigenvalue weighted by Gasteiger charge is 2.22. The normalized spacial score (nSPS) is 34.3. The van der Waals surface area contributed by atoms with Gasteiger partial charge in [0, 0.05) is 19.1 Å². The molecule has 98 valence electrons. The Morgan fingerprint density at radius 1 is 1.35 bits per heavy atom. The topological polar surface area (TPSA) is 50.4 Å². The van der Waals surface area contributed by atoms with E-state index in [9.17, 15) is 4.79 Å². The molecule has 4 heteroatoms. The van der Waals surface area contributed by atoms with Crippen molar-refractivity contribution in [3.8, 4) is 0 Å². The second-order valence-corrected chi connectivity index (χ2v) is 5.43. The molecule has 0 aromatic rings. The van der Waals surface area contributed by atoms with Crippen molar-refractivity contribution in [2.75, 3.05) is 19.7 Å². The Morgan fingerprint density at radius 2 is 2.12 bits per heavy atom. The number of rotatable bonds is 3. The Hall–Kier alpha value is -0.610. The predicted octanol–water partition coefficient (Wildman–Crippen LogP) is 1.06. The molecule has 1 aliphatic heterocycles. The van der Waals surface area contributed by atoms with Crippen LogP contribution in [0.3, 0.4) is 0 Å². The number of hydrogen-bond acceptors (Lipinski definition) is 3. The van der Waals surface area contributed by atoms with E-state index in [0.717, 1.165) is 38.5 Å². The van der Waals surface area contributed by atoms with E-state index in [1.54, 1.807) is 0 Å². The Balaban J connectivity index is 1.66. The van der Waals surface area contributed by atoms with Crippen LogP contribution in [-0.4, -0.2) is 37.7 Å². The van der Waals surface area contributed by atoms with Gasteiger partial charge in [-0.05, 0) is 31.6 Å². The van der Waals surface area contributed by atoms with Gasteiger partial charge in [0.1, 0.15) is 0 Å². The van der Waals surface area contributed by atoms with Crippen LogP contribution in [0.4, 0.5) is 0 Å². The third-order valence-corrected chi connectivity index (χ3v) is 3.80.